The van der Waals surface area contributed by atoms with Gasteiger partial charge in [0.1, 0.15) is 0 Å². The normalized spacial score (nSPS) is 23.8. The van der Waals surface area contributed by atoms with Crippen LogP contribution < -0.4 is 14.8 Å². The minimum atomic E-state index is -3.58. The Bertz CT molecular complexity index is 479. The van der Waals surface area contributed by atoms with E-state index >= 15 is 0 Å². The topological polar surface area (TPSA) is 39.7 Å². The lowest BCUT2D eigenvalue weighted by Gasteiger charge is -2.26. The van der Waals surface area contributed by atoms with Crippen molar-refractivity contribution in [3.8, 4) is 11.5 Å². The number of nitrogens with one attached hydrogen (secondary N) is 1. The fourth-order valence-electron chi connectivity index (χ4n) is 2.39. The lowest BCUT2D eigenvalue weighted by atomic mass is 9.96. The number of likely N-dealkylation sites (N-methyl/N-ethyl adjacent to an activating group) is 1. The molecule has 0 aromatic heterocycles. The van der Waals surface area contributed by atoms with E-state index in [-0.39, 0.29) is 17.6 Å². The van der Waals surface area contributed by atoms with Gasteiger partial charge in [0.05, 0.1) is 12.7 Å². The van der Waals surface area contributed by atoms with Gasteiger partial charge in [0.15, 0.2) is 11.5 Å². The van der Waals surface area contributed by atoms with Gasteiger partial charge in [-0.3, -0.25) is 0 Å². The van der Waals surface area contributed by atoms with Crippen molar-refractivity contribution in [1.82, 2.24) is 5.32 Å². The summed E-state index contributed by atoms with van der Waals surface area (Å²) in [6, 6.07) is 3.32. The summed E-state index contributed by atoms with van der Waals surface area (Å²) in [6.07, 6.45) is -3.18. The molecule has 0 spiro atoms. The predicted molar refractivity (Wildman–Crippen MR) is 59.0 cm³/mol. The highest BCUT2D eigenvalue weighted by Crippen LogP contribution is 2.48. The molecule has 0 bridgehead atoms. The molecule has 2 aliphatic heterocycles. The summed E-state index contributed by atoms with van der Waals surface area (Å²) in [6.45, 7) is 1.12. The Hall–Kier alpha value is -1.40. The maximum absolute atomic E-state index is 13.1. The van der Waals surface area contributed by atoms with Crippen LogP contribution in [-0.4, -0.2) is 26.5 Å². The Morgan fingerprint density at radius 3 is 3.00 bits per heavy atom. The molecule has 1 aromatic carbocycles. The van der Waals surface area contributed by atoms with Gasteiger partial charge in [-0.15, -0.1) is 8.78 Å². The summed E-state index contributed by atoms with van der Waals surface area (Å²) in [5.74, 6) is 0.183. The quantitative estimate of drug-likeness (QED) is 0.877. The van der Waals surface area contributed by atoms with Crippen LogP contribution >= 0.6 is 0 Å². The monoisotopic (exact) mass is 257 g/mol. The molecule has 2 aliphatic rings. The molecule has 0 radical (unpaired) electrons. The summed E-state index contributed by atoms with van der Waals surface area (Å²) in [5, 5.41) is 2.98. The Balaban J connectivity index is 2.06. The molecule has 98 valence electrons. The molecule has 1 atom stereocenters. The maximum Gasteiger partial charge on any atom is 0.586 e. The SMILES string of the molecule is CNCC1OCCc2ccc3c(c21)OC(F)(F)O3. The van der Waals surface area contributed by atoms with Crippen molar-refractivity contribution in [3.05, 3.63) is 23.3 Å². The van der Waals surface area contributed by atoms with Gasteiger partial charge >= 0.3 is 6.29 Å². The lowest BCUT2D eigenvalue weighted by Crippen LogP contribution is -2.28. The van der Waals surface area contributed by atoms with E-state index in [1.54, 1.807) is 13.1 Å². The second-order valence-corrected chi connectivity index (χ2v) is 4.30. The maximum atomic E-state index is 13.1. The molecule has 1 N–H and O–H groups in total. The highest BCUT2D eigenvalue weighted by Gasteiger charge is 2.46. The van der Waals surface area contributed by atoms with E-state index in [0.717, 1.165) is 5.56 Å². The zero-order chi connectivity index (χ0) is 12.8. The standard InChI is InChI=1S/C12H13F2NO3/c1-15-6-9-10-7(4-5-16-9)2-3-8-11(10)18-12(13,14)17-8/h2-3,9,15H,4-6H2,1H3. The summed E-state index contributed by atoms with van der Waals surface area (Å²) in [4.78, 5) is 0. The zero-order valence-electron chi connectivity index (χ0n) is 9.83. The van der Waals surface area contributed by atoms with Gasteiger partial charge in [0.25, 0.3) is 0 Å². The van der Waals surface area contributed by atoms with Gasteiger partial charge in [-0.25, -0.2) is 0 Å². The Labute approximate surface area is 103 Å². The number of hydrogen-bond donors (Lipinski definition) is 1. The van der Waals surface area contributed by atoms with E-state index in [1.165, 1.54) is 6.07 Å². The first-order chi connectivity index (χ1) is 8.61. The minimum Gasteiger partial charge on any atom is -0.395 e. The van der Waals surface area contributed by atoms with Crippen molar-refractivity contribution in [2.45, 2.75) is 18.8 Å². The number of hydrogen-bond acceptors (Lipinski definition) is 4. The number of alkyl halides is 2. The van der Waals surface area contributed by atoms with E-state index in [2.05, 4.69) is 14.8 Å². The van der Waals surface area contributed by atoms with E-state index in [4.69, 9.17) is 4.74 Å². The van der Waals surface area contributed by atoms with Crippen molar-refractivity contribution < 1.29 is 23.0 Å². The number of ether oxygens (including phenoxy) is 3. The third kappa shape index (κ3) is 1.81. The Morgan fingerprint density at radius 1 is 1.39 bits per heavy atom. The first-order valence-electron chi connectivity index (χ1n) is 5.78. The molecule has 0 fully saturated rings. The van der Waals surface area contributed by atoms with Crippen LogP contribution in [0.5, 0.6) is 11.5 Å². The summed E-state index contributed by atoms with van der Waals surface area (Å²) < 4.78 is 40.9. The number of fused-ring (bicyclic) bond motifs is 3. The first kappa shape index (κ1) is 11.7. The Morgan fingerprint density at radius 2 is 2.22 bits per heavy atom. The van der Waals surface area contributed by atoms with Crippen LogP contribution in [0.25, 0.3) is 0 Å². The second kappa shape index (κ2) is 4.07. The molecular formula is C12H13F2NO3. The average molecular weight is 257 g/mol. The predicted octanol–water partition coefficient (Wildman–Crippen LogP) is 1.84. The smallest absolute Gasteiger partial charge is 0.395 e. The average Bonchev–Trinajstić information content (AvgIpc) is 2.64. The van der Waals surface area contributed by atoms with Crippen molar-refractivity contribution in [1.29, 1.82) is 0 Å². The van der Waals surface area contributed by atoms with Crippen LogP contribution in [0.15, 0.2) is 12.1 Å². The van der Waals surface area contributed by atoms with Gasteiger partial charge in [0.2, 0.25) is 0 Å². The highest BCUT2D eigenvalue weighted by atomic mass is 19.3. The number of halogens is 2. The van der Waals surface area contributed by atoms with Crippen LogP contribution in [-0.2, 0) is 11.2 Å². The molecule has 0 amide bonds. The van der Waals surface area contributed by atoms with Crippen LogP contribution in [0.4, 0.5) is 8.78 Å². The zero-order valence-corrected chi connectivity index (χ0v) is 9.83. The fourth-order valence-corrected chi connectivity index (χ4v) is 2.39. The van der Waals surface area contributed by atoms with E-state index in [0.29, 0.717) is 25.1 Å². The van der Waals surface area contributed by atoms with Crippen LogP contribution in [0, 0.1) is 0 Å². The molecule has 1 unspecified atom stereocenters. The van der Waals surface area contributed by atoms with Crippen molar-refractivity contribution in [2.24, 2.45) is 0 Å². The molecule has 2 heterocycles. The molecule has 0 aliphatic carbocycles. The molecule has 4 nitrogen and oxygen atoms in total. The summed E-state index contributed by atoms with van der Waals surface area (Å²) in [5.41, 5.74) is 1.65. The largest absolute Gasteiger partial charge is 0.586 e. The number of rotatable bonds is 2. The van der Waals surface area contributed by atoms with Gasteiger partial charge in [-0.2, -0.15) is 0 Å². The lowest BCUT2D eigenvalue weighted by molar-refractivity contribution is -0.287. The third-order valence-electron chi connectivity index (χ3n) is 3.10. The van der Waals surface area contributed by atoms with Crippen LogP contribution in [0.2, 0.25) is 0 Å². The van der Waals surface area contributed by atoms with Crippen molar-refractivity contribution in [2.75, 3.05) is 20.2 Å². The van der Waals surface area contributed by atoms with E-state index < -0.39 is 6.29 Å². The molecule has 0 saturated heterocycles. The van der Waals surface area contributed by atoms with Gasteiger partial charge in [-0.1, -0.05) is 6.07 Å². The summed E-state index contributed by atoms with van der Waals surface area (Å²) >= 11 is 0. The fraction of sp³-hybridized carbons (Fsp3) is 0.500. The molecular weight excluding hydrogens is 244 g/mol. The van der Waals surface area contributed by atoms with E-state index in [1.807, 2.05) is 0 Å². The molecule has 6 heteroatoms. The Kier molecular flexibility index (Phi) is 2.64. The van der Waals surface area contributed by atoms with E-state index in [9.17, 15) is 8.78 Å². The van der Waals surface area contributed by atoms with Crippen molar-refractivity contribution >= 4 is 0 Å². The van der Waals surface area contributed by atoms with Gasteiger partial charge < -0.3 is 19.5 Å². The summed E-state index contributed by atoms with van der Waals surface area (Å²) in [7, 11) is 1.78. The highest BCUT2D eigenvalue weighted by molar-refractivity contribution is 5.54. The van der Waals surface area contributed by atoms with Crippen LogP contribution in [0.1, 0.15) is 17.2 Å². The van der Waals surface area contributed by atoms with Crippen molar-refractivity contribution in [3.63, 3.8) is 0 Å². The molecule has 1 aromatic rings. The van der Waals surface area contributed by atoms with Crippen LogP contribution in [0.3, 0.4) is 0 Å². The van der Waals surface area contributed by atoms with Gasteiger partial charge in [0, 0.05) is 12.1 Å². The van der Waals surface area contributed by atoms with Gasteiger partial charge in [-0.05, 0) is 25.1 Å². The first-order valence-corrected chi connectivity index (χ1v) is 5.78. The molecule has 3 rings (SSSR count). The second-order valence-electron chi connectivity index (χ2n) is 4.30. The minimum absolute atomic E-state index is 0.0744. The molecule has 18 heavy (non-hydrogen) atoms. The number of benzene rings is 1. The molecule has 0 saturated carbocycles. The third-order valence-corrected chi connectivity index (χ3v) is 3.10.